The maximum Gasteiger partial charge on any atom is 0.312 e. The van der Waals surface area contributed by atoms with E-state index in [4.69, 9.17) is 0 Å². The molecule has 0 aliphatic carbocycles. The molecule has 1 aromatic rings. The summed E-state index contributed by atoms with van der Waals surface area (Å²) in [5, 5.41) is 2.66. The molecule has 2 aliphatic heterocycles. The largest absolute Gasteiger partial charge is 0.346 e. The van der Waals surface area contributed by atoms with E-state index in [1.54, 1.807) is 16.2 Å². The van der Waals surface area contributed by atoms with Crippen LogP contribution in [-0.2, 0) is 16.1 Å². The topological polar surface area (TPSA) is 65.5 Å². The molecule has 7 heteroatoms. The molecule has 0 saturated carbocycles. The Morgan fingerprint density at radius 1 is 1.47 bits per heavy atom. The molecule has 102 valence electrons. The number of thiazole rings is 1. The van der Waals surface area contributed by atoms with E-state index in [0.29, 0.717) is 13.1 Å². The lowest BCUT2D eigenvalue weighted by molar-refractivity contribution is -0.152. The van der Waals surface area contributed by atoms with Crippen molar-refractivity contribution in [1.82, 2.24) is 20.1 Å². The first-order chi connectivity index (χ1) is 9.15. The van der Waals surface area contributed by atoms with Gasteiger partial charge in [-0.2, -0.15) is 0 Å². The highest BCUT2D eigenvalue weighted by atomic mass is 32.1. The molecule has 0 aromatic carbocycles. The molecule has 0 spiro atoms. The second-order valence-corrected chi connectivity index (χ2v) is 5.90. The molecule has 2 saturated heterocycles. The van der Waals surface area contributed by atoms with Crippen LogP contribution in [0.1, 0.15) is 10.6 Å². The minimum absolute atomic E-state index is 0.104. The van der Waals surface area contributed by atoms with Crippen molar-refractivity contribution in [2.75, 3.05) is 26.2 Å². The van der Waals surface area contributed by atoms with Crippen molar-refractivity contribution < 1.29 is 9.59 Å². The Kier molecular flexibility index (Phi) is 3.24. The third-order valence-corrected chi connectivity index (χ3v) is 4.65. The second-order valence-electron chi connectivity index (χ2n) is 4.96. The van der Waals surface area contributed by atoms with Gasteiger partial charge in [0, 0.05) is 37.6 Å². The number of hydrogen-bond donors (Lipinski definition) is 1. The number of nitrogens with zero attached hydrogens (tertiary/aromatic N) is 3. The molecule has 2 fully saturated rings. The van der Waals surface area contributed by atoms with Gasteiger partial charge in [-0.15, -0.1) is 11.3 Å². The Labute approximate surface area is 115 Å². The number of hydrogen-bond acceptors (Lipinski definition) is 5. The quantitative estimate of drug-likeness (QED) is 0.748. The number of rotatable bonds is 2. The van der Waals surface area contributed by atoms with Crippen molar-refractivity contribution in [3.63, 3.8) is 0 Å². The molecule has 2 amide bonds. The number of aromatic nitrogens is 1. The van der Waals surface area contributed by atoms with E-state index in [0.717, 1.165) is 25.3 Å². The zero-order valence-electron chi connectivity index (χ0n) is 10.8. The van der Waals surface area contributed by atoms with Crippen LogP contribution in [0.3, 0.4) is 0 Å². The number of aryl methyl sites for hydroxylation is 1. The Bertz CT molecular complexity index is 516. The van der Waals surface area contributed by atoms with Gasteiger partial charge in [-0.05, 0) is 6.92 Å². The summed E-state index contributed by atoms with van der Waals surface area (Å²) in [7, 11) is 0. The minimum atomic E-state index is -0.469. The molecule has 0 radical (unpaired) electrons. The molecule has 1 atom stereocenters. The fourth-order valence-electron chi connectivity index (χ4n) is 2.60. The van der Waals surface area contributed by atoms with Crippen LogP contribution in [0.15, 0.2) is 5.51 Å². The van der Waals surface area contributed by atoms with Crippen LogP contribution in [0.2, 0.25) is 0 Å². The van der Waals surface area contributed by atoms with Gasteiger partial charge in [0.05, 0.1) is 17.2 Å². The van der Waals surface area contributed by atoms with Crippen LogP contribution in [0.5, 0.6) is 0 Å². The predicted octanol–water partition coefficient (Wildman–Crippen LogP) is -0.406. The fourth-order valence-corrected chi connectivity index (χ4v) is 3.42. The first-order valence-electron chi connectivity index (χ1n) is 6.35. The highest BCUT2D eigenvalue weighted by molar-refractivity contribution is 7.09. The van der Waals surface area contributed by atoms with Gasteiger partial charge in [-0.3, -0.25) is 14.5 Å². The van der Waals surface area contributed by atoms with Crippen molar-refractivity contribution in [3.05, 3.63) is 16.1 Å². The lowest BCUT2D eigenvalue weighted by atomic mass is 10.1. The fraction of sp³-hybridized carbons (Fsp3) is 0.583. The highest BCUT2D eigenvalue weighted by Gasteiger charge is 2.37. The molecule has 1 aromatic heterocycles. The summed E-state index contributed by atoms with van der Waals surface area (Å²) in [4.78, 5) is 32.6. The average Bonchev–Trinajstić information content (AvgIpc) is 2.80. The molecule has 3 rings (SSSR count). The third-order valence-electron chi connectivity index (χ3n) is 3.73. The number of piperazine rings is 2. The van der Waals surface area contributed by atoms with Gasteiger partial charge in [0.15, 0.2) is 0 Å². The zero-order chi connectivity index (χ0) is 13.4. The van der Waals surface area contributed by atoms with E-state index < -0.39 is 5.91 Å². The number of carbonyl (C=O) groups excluding carboxylic acids is 2. The summed E-state index contributed by atoms with van der Waals surface area (Å²) in [5.41, 5.74) is 2.95. The van der Waals surface area contributed by atoms with Gasteiger partial charge >= 0.3 is 11.8 Å². The maximum atomic E-state index is 11.7. The minimum Gasteiger partial charge on any atom is -0.346 e. The van der Waals surface area contributed by atoms with Crippen LogP contribution in [0.4, 0.5) is 0 Å². The number of nitrogens with one attached hydrogen (secondary N) is 1. The van der Waals surface area contributed by atoms with Crippen LogP contribution >= 0.6 is 11.3 Å². The summed E-state index contributed by atoms with van der Waals surface area (Å²) < 4.78 is 0. The molecule has 3 heterocycles. The highest BCUT2D eigenvalue weighted by Crippen LogP contribution is 2.19. The van der Waals surface area contributed by atoms with E-state index in [1.807, 2.05) is 12.4 Å². The SMILES string of the molecule is Cc1ncsc1CN1CCN2C(=O)C(=O)NC[C@H]2C1. The first kappa shape index (κ1) is 12.6. The molecule has 0 bridgehead atoms. The summed E-state index contributed by atoms with van der Waals surface area (Å²) in [6.07, 6.45) is 0. The average molecular weight is 280 g/mol. The molecular weight excluding hydrogens is 264 g/mol. The van der Waals surface area contributed by atoms with E-state index in [1.165, 1.54) is 4.88 Å². The number of fused-ring (bicyclic) bond motifs is 1. The normalized spacial score (nSPS) is 24.3. The molecule has 19 heavy (non-hydrogen) atoms. The van der Waals surface area contributed by atoms with Crippen LogP contribution < -0.4 is 5.32 Å². The second kappa shape index (κ2) is 4.90. The number of amides is 2. The van der Waals surface area contributed by atoms with Gasteiger partial charge in [0.25, 0.3) is 0 Å². The van der Waals surface area contributed by atoms with E-state index in [2.05, 4.69) is 15.2 Å². The van der Waals surface area contributed by atoms with Gasteiger partial charge < -0.3 is 10.2 Å². The van der Waals surface area contributed by atoms with Crippen molar-refractivity contribution in [2.45, 2.75) is 19.5 Å². The van der Waals surface area contributed by atoms with Crippen molar-refractivity contribution >= 4 is 23.2 Å². The van der Waals surface area contributed by atoms with Gasteiger partial charge in [-0.25, -0.2) is 4.98 Å². The Morgan fingerprint density at radius 3 is 3.05 bits per heavy atom. The summed E-state index contributed by atoms with van der Waals surface area (Å²) in [6.45, 7) is 5.71. The Hall–Kier alpha value is -1.47. The van der Waals surface area contributed by atoms with Gasteiger partial charge in [0.1, 0.15) is 0 Å². The summed E-state index contributed by atoms with van der Waals surface area (Å²) >= 11 is 1.67. The Balaban J connectivity index is 1.65. The zero-order valence-corrected chi connectivity index (χ0v) is 11.6. The van der Waals surface area contributed by atoms with Gasteiger partial charge in [0.2, 0.25) is 0 Å². The summed E-state index contributed by atoms with van der Waals surface area (Å²) in [5.74, 6) is -0.854. The first-order valence-corrected chi connectivity index (χ1v) is 7.23. The van der Waals surface area contributed by atoms with Crippen LogP contribution in [0, 0.1) is 6.92 Å². The van der Waals surface area contributed by atoms with Crippen molar-refractivity contribution in [1.29, 1.82) is 0 Å². The van der Waals surface area contributed by atoms with E-state index in [9.17, 15) is 9.59 Å². The van der Waals surface area contributed by atoms with E-state index in [-0.39, 0.29) is 11.9 Å². The monoisotopic (exact) mass is 280 g/mol. The smallest absolute Gasteiger partial charge is 0.312 e. The number of carbonyl (C=O) groups is 2. The van der Waals surface area contributed by atoms with Gasteiger partial charge in [-0.1, -0.05) is 0 Å². The third kappa shape index (κ3) is 2.35. The van der Waals surface area contributed by atoms with E-state index >= 15 is 0 Å². The molecule has 6 nitrogen and oxygen atoms in total. The Morgan fingerprint density at radius 2 is 2.32 bits per heavy atom. The predicted molar refractivity (Wildman–Crippen MR) is 70.6 cm³/mol. The van der Waals surface area contributed by atoms with Crippen LogP contribution in [0.25, 0.3) is 0 Å². The lowest BCUT2D eigenvalue weighted by Crippen LogP contribution is -2.65. The lowest BCUT2D eigenvalue weighted by Gasteiger charge is -2.43. The maximum absolute atomic E-state index is 11.7. The standard InChI is InChI=1S/C12H16N4O2S/c1-8-10(19-7-14-8)6-15-2-3-16-9(5-15)4-13-11(17)12(16)18/h7,9H,2-6H2,1H3,(H,13,17)/t9-/m0/s1. The van der Waals surface area contributed by atoms with Crippen molar-refractivity contribution in [2.24, 2.45) is 0 Å². The molecular formula is C12H16N4O2S. The molecule has 0 unspecified atom stereocenters. The molecule has 1 N–H and O–H groups in total. The van der Waals surface area contributed by atoms with Crippen molar-refractivity contribution in [3.8, 4) is 0 Å². The summed E-state index contributed by atoms with van der Waals surface area (Å²) in [6, 6.07) is 0.104. The van der Waals surface area contributed by atoms with Crippen LogP contribution in [-0.4, -0.2) is 58.8 Å². The molecule has 2 aliphatic rings.